The normalized spacial score (nSPS) is 25.0. The Balaban J connectivity index is 2.07. The second kappa shape index (κ2) is 7.85. The van der Waals surface area contributed by atoms with Gasteiger partial charge in [0.1, 0.15) is 17.9 Å². The maximum absolute atomic E-state index is 11.2. The molecule has 7 heteroatoms. The summed E-state index contributed by atoms with van der Waals surface area (Å²) in [5, 5.41) is 16.8. The van der Waals surface area contributed by atoms with E-state index in [0.29, 0.717) is 18.7 Å². The molecule has 0 spiro atoms. The monoisotopic (exact) mass is 318 g/mol. The number of benzene rings is 1. The first kappa shape index (κ1) is 17.1. The van der Waals surface area contributed by atoms with Gasteiger partial charge in [0, 0.05) is 32.3 Å². The van der Waals surface area contributed by atoms with Crippen molar-refractivity contribution in [2.24, 2.45) is 15.9 Å². The first-order chi connectivity index (χ1) is 11.0. The fourth-order valence-electron chi connectivity index (χ4n) is 2.68. The third-order valence-corrected chi connectivity index (χ3v) is 3.76. The number of rotatable bonds is 5. The lowest BCUT2D eigenvalue weighted by Gasteiger charge is -2.21. The van der Waals surface area contributed by atoms with Gasteiger partial charge < -0.3 is 21.0 Å². The maximum Gasteiger partial charge on any atom is 0.303 e. The third kappa shape index (κ3) is 4.37. The highest BCUT2D eigenvalue weighted by Gasteiger charge is 2.37. The number of nitrogens with zero attached hydrogens (tertiary/aromatic N) is 2. The van der Waals surface area contributed by atoms with Crippen molar-refractivity contribution < 1.29 is 14.6 Å². The predicted octanol–water partition coefficient (Wildman–Crippen LogP) is -0.143. The molecule has 3 atom stereocenters. The largest absolute Gasteiger partial charge is 0.458 e. The van der Waals surface area contributed by atoms with Crippen LogP contribution < -0.4 is 11.2 Å². The van der Waals surface area contributed by atoms with Crippen LogP contribution in [0, 0.1) is 0 Å². The van der Waals surface area contributed by atoms with Gasteiger partial charge in [0.25, 0.3) is 0 Å². The molecule has 2 rings (SSSR count). The minimum Gasteiger partial charge on any atom is -0.458 e. The van der Waals surface area contributed by atoms with E-state index in [1.165, 1.54) is 6.92 Å². The summed E-state index contributed by atoms with van der Waals surface area (Å²) in [6.07, 6.45) is 1.04. The zero-order valence-corrected chi connectivity index (χ0v) is 13.3. The van der Waals surface area contributed by atoms with Gasteiger partial charge in [-0.15, -0.1) is 0 Å². The predicted molar refractivity (Wildman–Crippen MR) is 88.6 cm³/mol. The standard InChI is InChI=1S/C16H22N4O3/c1-10(21)23-16-13(19-9-15(16)22)7-11-3-5-12(6-4-11)14(20-17)8-18-2/h3-6,8,13,15-16,19,22H,7,9,17H2,1-2H3/b18-8?,20-14+/t13-,15+,16+/m1/s1. The number of aliphatic hydroxyl groups is 1. The first-order valence-corrected chi connectivity index (χ1v) is 7.43. The summed E-state index contributed by atoms with van der Waals surface area (Å²) >= 11 is 0. The van der Waals surface area contributed by atoms with E-state index in [1.807, 2.05) is 24.3 Å². The van der Waals surface area contributed by atoms with Gasteiger partial charge in [-0.2, -0.15) is 5.10 Å². The number of hydrazone groups is 1. The molecule has 0 aromatic heterocycles. The van der Waals surface area contributed by atoms with E-state index in [0.717, 1.165) is 11.1 Å². The van der Waals surface area contributed by atoms with Crippen LogP contribution in [0.1, 0.15) is 18.1 Å². The molecule has 0 amide bonds. The summed E-state index contributed by atoms with van der Waals surface area (Å²) in [6.45, 7) is 1.76. The molecule has 0 saturated carbocycles. The number of aliphatic hydroxyl groups excluding tert-OH is 1. The number of hydrogen-bond acceptors (Lipinski definition) is 7. The summed E-state index contributed by atoms with van der Waals surface area (Å²) in [6, 6.07) is 7.63. The van der Waals surface area contributed by atoms with Crippen LogP contribution in [0.3, 0.4) is 0 Å². The Labute approximate surface area is 135 Å². The van der Waals surface area contributed by atoms with Crippen molar-refractivity contribution in [2.75, 3.05) is 13.6 Å². The Bertz CT molecular complexity index is 598. The zero-order valence-electron chi connectivity index (χ0n) is 13.3. The van der Waals surface area contributed by atoms with Gasteiger partial charge in [-0.25, -0.2) is 0 Å². The van der Waals surface area contributed by atoms with Crippen molar-refractivity contribution in [1.82, 2.24) is 5.32 Å². The molecule has 7 nitrogen and oxygen atoms in total. The summed E-state index contributed by atoms with van der Waals surface area (Å²) in [5.74, 6) is 4.96. The second-order valence-electron chi connectivity index (χ2n) is 5.46. The SMILES string of the molecule is CN=C/C(=N\N)c1ccc(C[C@H]2NC[C@H](O)[C@H]2OC(C)=O)cc1. The van der Waals surface area contributed by atoms with E-state index in [2.05, 4.69) is 15.4 Å². The average Bonchev–Trinajstić information content (AvgIpc) is 2.86. The van der Waals surface area contributed by atoms with E-state index >= 15 is 0 Å². The summed E-state index contributed by atoms with van der Waals surface area (Å²) in [7, 11) is 1.66. The number of aliphatic imine (C=N–C) groups is 1. The minimum absolute atomic E-state index is 0.111. The number of ether oxygens (including phenoxy) is 1. The highest BCUT2D eigenvalue weighted by atomic mass is 16.6. The molecule has 1 saturated heterocycles. The van der Waals surface area contributed by atoms with Crippen LogP contribution >= 0.6 is 0 Å². The fourth-order valence-corrected chi connectivity index (χ4v) is 2.68. The van der Waals surface area contributed by atoms with Gasteiger partial charge in [0.05, 0.1) is 6.04 Å². The molecule has 23 heavy (non-hydrogen) atoms. The lowest BCUT2D eigenvalue weighted by Crippen LogP contribution is -2.38. The maximum atomic E-state index is 11.2. The highest BCUT2D eigenvalue weighted by Crippen LogP contribution is 2.18. The molecule has 0 radical (unpaired) electrons. The van der Waals surface area contributed by atoms with Gasteiger partial charge in [0.2, 0.25) is 0 Å². The van der Waals surface area contributed by atoms with Crippen molar-refractivity contribution in [3.05, 3.63) is 35.4 Å². The van der Waals surface area contributed by atoms with Crippen molar-refractivity contribution in [1.29, 1.82) is 0 Å². The van der Waals surface area contributed by atoms with Crippen LogP contribution in [0.2, 0.25) is 0 Å². The van der Waals surface area contributed by atoms with Crippen molar-refractivity contribution in [3.63, 3.8) is 0 Å². The lowest BCUT2D eigenvalue weighted by molar-refractivity contribution is -0.151. The van der Waals surface area contributed by atoms with Gasteiger partial charge in [-0.05, 0) is 12.0 Å². The topological polar surface area (TPSA) is 109 Å². The fraction of sp³-hybridized carbons (Fsp3) is 0.438. The Kier molecular flexibility index (Phi) is 5.84. The summed E-state index contributed by atoms with van der Waals surface area (Å²) in [4.78, 5) is 15.1. The molecular formula is C16H22N4O3. The van der Waals surface area contributed by atoms with Crippen LogP contribution in [0.15, 0.2) is 34.4 Å². The third-order valence-electron chi connectivity index (χ3n) is 3.76. The molecule has 1 heterocycles. The highest BCUT2D eigenvalue weighted by molar-refractivity contribution is 6.38. The van der Waals surface area contributed by atoms with E-state index in [9.17, 15) is 9.90 Å². The molecule has 1 aromatic carbocycles. The van der Waals surface area contributed by atoms with E-state index in [1.54, 1.807) is 13.3 Å². The van der Waals surface area contributed by atoms with Crippen LogP contribution in [0.4, 0.5) is 0 Å². The van der Waals surface area contributed by atoms with Gasteiger partial charge >= 0.3 is 5.97 Å². The molecule has 1 aliphatic rings. The number of nitrogens with one attached hydrogen (secondary N) is 1. The number of β-amino-alcohol motifs (C(OH)–C–C–N with tert-alkyl or cyclic N) is 1. The lowest BCUT2D eigenvalue weighted by atomic mass is 9.99. The number of nitrogens with two attached hydrogens (primary N) is 1. The minimum atomic E-state index is -0.681. The van der Waals surface area contributed by atoms with Gasteiger partial charge in [-0.1, -0.05) is 24.3 Å². The molecule has 4 N–H and O–H groups in total. The van der Waals surface area contributed by atoms with Crippen LogP contribution in [-0.4, -0.2) is 54.8 Å². The molecule has 1 fully saturated rings. The van der Waals surface area contributed by atoms with E-state index in [-0.39, 0.29) is 12.0 Å². The molecule has 0 bridgehead atoms. The van der Waals surface area contributed by atoms with Crippen LogP contribution in [0.25, 0.3) is 0 Å². The summed E-state index contributed by atoms with van der Waals surface area (Å²) in [5.41, 5.74) is 2.53. The molecule has 1 aromatic rings. The summed E-state index contributed by atoms with van der Waals surface area (Å²) < 4.78 is 5.22. The van der Waals surface area contributed by atoms with Crippen molar-refractivity contribution >= 4 is 17.9 Å². The number of carbonyl (C=O) groups is 1. The average molecular weight is 318 g/mol. The molecular weight excluding hydrogens is 296 g/mol. The quantitative estimate of drug-likeness (QED) is 0.303. The Hall–Kier alpha value is -2.25. The van der Waals surface area contributed by atoms with Crippen molar-refractivity contribution in [2.45, 2.75) is 31.6 Å². The van der Waals surface area contributed by atoms with Crippen LogP contribution in [-0.2, 0) is 16.0 Å². The number of esters is 1. The Morgan fingerprint density at radius 3 is 2.74 bits per heavy atom. The van der Waals surface area contributed by atoms with Crippen LogP contribution in [0.5, 0.6) is 0 Å². The molecule has 1 aliphatic heterocycles. The smallest absolute Gasteiger partial charge is 0.303 e. The first-order valence-electron chi connectivity index (χ1n) is 7.43. The second-order valence-corrected chi connectivity index (χ2v) is 5.46. The number of carbonyl (C=O) groups excluding carboxylic acids is 1. The number of hydrogen-bond donors (Lipinski definition) is 3. The molecule has 0 unspecified atom stereocenters. The Morgan fingerprint density at radius 2 is 2.17 bits per heavy atom. The zero-order chi connectivity index (χ0) is 16.8. The van der Waals surface area contributed by atoms with Gasteiger partial charge in [0.15, 0.2) is 0 Å². The van der Waals surface area contributed by atoms with E-state index in [4.69, 9.17) is 10.6 Å². The van der Waals surface area contributed by atoms with Gasteiger partial charge in [-0.3, -0.25) is 9.79 Å². The van der Waals surface area contributed by atoms with E-state index < -0.39 is 12.2 Å². The van der Waals surface area contributed by atoms with Crippen molar-refractivity contribution in [3.8, 4) is 0 Å². The Morgan fingerprint density at radius 1 is 1.48 bits per heavy atom. The molecule has 0 aliphatic carbocycles. The molecule has 124 valence electrons.